The second-order valence-electron chi connectivity index (χ2n) is 1.58. The Labute approximate surface area is 61.6 Å². The van der Waals surface area contributed by atoms with Crippen LogP contribution in [-0.4, -0.2) is 5.71 Å². The zero-order valence-corrected chi connectivity index (χ0v) is 6.49. The first-order chi connectivity index (χ1) is 4.20. The fraction of sp³-hybridized carbons (Fsp3) is 0.286. The topological polar surface area (TPSA) is 12.4 Å². The molecule has 0 aliphatic heterocycles. The van der Waals surface area contributed by atoms with Crippen LogP contribution < -0.4 is 0 Å². The van der Waals surface area contributed by atoms with Crippen LogP contribution in [0.3, 0.4) is 0 Å². The number of thiol groups is 1. The van der Waals surface area contributed by atoms with Gasteiger partial charge in [0.05, 0.1) is 5.03 Å². The van der Waals surface area contributed by atoms with Crippen LogP contribution in [0.1, 0.15) is 13.3 Å². The van der Waals surface area contributed by atoms with Crippen molar-refractivity contribution in [2.45, 2.75) is 13.3 Å². The molecule has 50 valence electrons. The SMILES string of the molecule is C=CC(CC)=NC(=C)S. The number of allylic oxidation sites excluding steroid dienone is 1. The lowest BCUT2D eigenvalue weighted by molar-refractivity contribution is 1.28. The summed E-state index contributed by atoms with van der Waals surface area (Å²) in [5.41, 5.74) is 0.926. The van der Waals surface area contributed by atoms with Gasteiger partial charge >= 0.3 is 0 Å². The third kappa shape index (κ3) is 4.03. The highest BCUT2D eigenvalue weighted by molar-refractivity contribution is 7.84. The normalized spacial score (nSPS) is 11.1. The van der Waals surface area contributed by atoms with Gasteiger partial charge in [0.25, 0.3) is 0 Å². The van der Waals surface area contributed by atoms with Gasteiger partial charge in [0, 0.05) is 5.71 Å². The van der Waals surface area contributed by atoms with E-state index in [2.05, 4.69) is 30.8 Å². The van der Waals surface area contributed by atoms with Crippen LogP contribution >= 0.6 is 12.6 Å². The van der Waals surface area contributed by atoms with E-state index in [0.717, 1.165) is 12.1 Å². The average molecular weight is 141 g/mol. The second-order valence-corrected chi connectivity index (χ2v) is 2.09. The Hall–Kier alpha value is -0.500. The Bertz CT molecular complexity index is 147. The van der Waals surface area contributed by atoms with E-state index in [4.69, 9.17) is 0 Å². The lowest BCUT2D eigenvalue weighted by atomic mass is 10.3. The summed E-state index contributed by atoms with van der Waals surface area (Å²) < 4.78 is 0. The third-order valence-corrected chi connectivity index (χ3v) is 0.971. The van der Waals surface area contributed by atoms with E-state index in [1.54, 1.807) is 6.08 Å². The van der Waals surface area contributed by atoms with Gasteiger partial charge in [0.15, 0.2) is 0 Å². The maximum absolute atomic E-state index is 3.98. The van der Waals surface area contributed by atoms with Crippen molar-refractivity contribution >= 4 is 18.3 Å². The molecular formula is C7H11NS. The Balaban J connectivity index is 4.07. The largest absolute Gasteiger partial charge is 0.247 e. The summed E-state index contributed by atoms with van der Waals surface area (Å²) in [6, 6.07) is 0. The molecule has 0 radical (unpaired) electrons. The summed E-state index contributed by atoms with van der Waals surface area (Å²) >= 11 is 3.92. The van der Waals surface area contributed by atoms with Crippen LogP contribution in [0.5, 0.6) is 0 Å². The molecule has 0 saturated carbocycles. The molecule has 0 aliphatic rings. The molecule has 9 heavy (non-hydrogen) atoms. The Morgan fingerprint density at radius 3 is 2.44 bits per heavy atom. The highest BCUT2D eigenvalue weighted by atomic mass is 32.1. The molecule has 0 aromatic rings. The first kappa shape index (κ1) is 8.50. The summed E-state index contributed by atoms with van der Waals surface area (Å²) in [5.74, 6) is 0. The summed E-state index contributed by atoms with van der Waals surface area (Å²) in [7, 11) is 0. The van der Waals surface area contributed by atoms with Crippen molar-refractivity contribution in [3.05, 3.63) is 24.3 Å². The standard InChI is InChI=1S/C7H11NS/c1-4-7(5-2)8-6(3)9/h4,9H,1,3,5H2,2H3. The predicted molar refractivity (Wildman–Crippen MR) is 46.0 cm³/mol. The summed E-state index contributed by atoms with van der Waals surface area (Å²) in [6.45, 7) is 9.11. The maximum atomic E-state index is 3.98. The van der Waals surface area contributed by atoms with Crippen LogP contribution in [0.2, 0.25) is 0 Å². The first-order valence-electron chi connectivity index (χ1n) is 2.78. The first-order valence-corrected chi connectivity index (χ1v) is 3.23. The van der Waals surface area contributed by atoms with Crippen LogP contribution in [-0.2, 0) is 0 Å². The zero-order valence-electron chi connectivity index (χ0n) is 5.59. The van der Waals surface area contributed by atoms with E-state index in [0.29, 0.717) is 5.03 Å². The Kier molecular flexibility index (Phi) is 4.14. The molecule has 0 rings (SSSR count). The fourth-order valence-electron chi connectivity index (χ4n) is 0.435. The molecule has 0 unspecified atom stereocenters. The zero-order chi connectivity index (χ0) is 7.28. The smallest absolute Gasteiger partial charge is 0.0860 e. The molecule has 0 aliphatic carbocycles. The van der Waals surface area contributed by atoms with Crippen molar-refractivity contribution in [2.24, 2.45) is 4.99 Å². The molecule has 0 spiro atoms. The minimum Gasteiger partial charge on any atom is -0.247 e. The molecule has 1 nitrogen and oxygen atoms in total. The van der Waals surface area contributed by atoms with Gasteiger partial charge in [-0.1, -0.05) is 20.1 Å². The van der Waals surface area contributed by atoms with Crippen molar-refractivity contribution in [2.75, 3.05) is 0 Å². The molecule has 0 atom stereocenters. The molecule has 0 saturated heterocycles. The second kappa shape index (κ2) is 4.39. The molecular weight excluding hydrogens is 130 g/mol. The van der Waals surface area contributed by atoms with Gasteiger partial charge in [-0.15, -0.1) is 12.6 Å². The quantitative estimate of drug-likeness (QED) is 0.458. The van der Waals surface area contributed by atoms with Gasteiger partial charge in [-0.05, 0) is 12.5 Å². The molecule has 0 heterocycles. The number of hydrogen-bond acceptors (Lipinski definition) is 2. The van der Waals surface area contributed by atoms with E-state index in [-0.39, 0.29) is 0 Å². The highest BCUT2D eigenvalue weighted by Crippen LogP contribution is 1.99. The maximum Gasteiger partial charge on any atom is 0.0860 e. The molecule has 0 aromatic heterocycles. The van der Waals surface area contributed by atoms with Gasteiger partial charge in [0.1, 0.15) is 0 Å². The van der Waals surface area contributed by atoms with Crippen LogP contribution in [0.15, 0.2) is 29.3 Å². The Morgan fingerprint density at radius 2 is 2.33 bits per heavy atom. The van der Waals surface area contributed by atoms with E-state index in [1.165, 1.54) is 0 Å². The van der Waals surface area contributed by atoms with Crippen LogP contribution in [0.25, 0.3) is 0 Å². The van der Waals surface area contributed by atoms with Crippen molar-refractivity contribution < 1.29 is 0 Å². The molecule has 0 aromatic carbocycles. The monoisotopic (exact) mass is 141 g/mol. The predicted octanol–water partition coefficient (Wildman–Crippen LogP) is 2.42. The van der Waals surface area contributed by atoms with Gasteiger partial charge in [-0.3, -0.25) is 0 Å². The van der Waals surface area contributed by atoms with Gasteiger partial charge in [-0.25, -0.2) is 4.99 Å². The summed E-state index contributed by atoms with van der Waals surface area (Å²) in [6.07, 6.45) is 2.59. The van der Waals surface area contributed by atoms with Crippen LogP contribution in [0, 0.1) is 0 Å². The van der Waals surface area contributed by atoms with Crippen LogP contribution in [0.4, 0.5) is 0 Å². The molecule has 0 amide bonds. The van der Waals surface area contributed by atoms with Crippen molar-refractivity contribution in [3.8, 4) is 0 Å². The van der Waals surface area contributed by atoms with Crippen molar-refractivity contribution in [1.29, 1.82) is 0 Å². The van der Waals surface area contributed by atoms with Gasteiger partial charge in [0.2, 0.25) is 0 Å². The number of hydrogen-bond donors (Lipinski definition) is 1. The number of rotatable bonds is 3. The van der Waals surface area contributed by atoms with Crippen molar-refractivity contribution in [1.82, 2.24) is 0 Å². The number of aliphatic imine (C=N–C) groups is 1. The summed E-state index contributed by atoms with van der Waals surface area (Å²) in [5, 5.41) is 0.534. The van der Waals surface area contributed by atoms with E-state index < -0.39 is 0 Å². The lowest BCUT2D eigenvalue weighted by Crippen LogP contribution is -1.87. The van der Waals surface area contributed by atoms with E-state index in [9.17, 15) is 0 Å². The number of nitrogens with zero attached hydrogens (tertiary/aromatic N) is 1. The molecule has 0 fully saturated rings. The highest BCUT2D eigenvalue weighted by Gasteiger charge is 1.86. The van der Waals surface area contributed by atoms with Gasteiger partial charge in [-0.2, -0.15) is 0 Å². The van der Waals surface area contributed by atoms with Crippen molar-refractivity contribution in [3.63, 3.8) is 0 Å². The third-order valence-electron chi connectivity index (χ3n) is 0.871. The molecule has 2 heteroatoms. The molecule has 0 N–H and O–H groups in total. The average Bonchev–Trinajstić information content (AvgIpc) is 1.82. The molecule has 0 bridgehead atoms. The Morgan fingerprint density at radius 1 is 1.78 bits per heavy atom. The fourth-order valence-corrected chi connectivity index (χ4v) is 0.563. The van der Waals surface area contributed by atoms with E-state index in [1.807, 2.05) is 6.92 Å². The minimum absolute atomic E-state index is 0.534. The van der Waals surface area contributed by atoms with Gasteiger partial charge < -0.3 is 0 Å². The summed E-state index contributed by atoms with van der Waals surface area (Å²) in [4.78, 5) is 3.98. The van der Waals surface area contributed by atoms with E-state index >= 15 is 0 Å². The minimum atomic E-state index is 0.534. The lowest BCUT2D eigenvalue weighted by Gasteiger charge is -1.92.